The maximum absolute atomic E-state index is 5.80. The second kappa shape index (κ2) is 4.96. The monoisotopic (exact) mass is 243 g/mol. The van der Waals surface area contributed by atoms with Gasteiger partial charge in [-0.2, -0.15) is 5.10 Å². The molecule has 0 saturated heterocycles. The summed E-state index contributed by atoms with van der Waals surface area (Å²) in [6.45, 7) is 6.26. The molecule has 0 radical (unpaired) electrons. The molecular weight excluding hydrogens is 226 g/mol. The molecule has 0 aliphatic carbocycles. The van der Waals surface area contributed by atoms with Crippen LogP contribution in [0.25, 0.3) is 11.3 Å². The van der Waals surface area contributed by atoms with Crippen molar-refractivity contribution in [3.8, 4) is 17.0 Å². The summed E-state index contributed by atoms with van der Waals surface area (Å²) in [5, 5.41) is 4.36. The predicted molar refractivity (Wildman–Crippen MR) is 73.4 cm³/mol. The van der Waals surface area contributed by atoms with E-state index in [1.165, 1.54) is 0 Å². The van der Waals surface area contributed by atoms with E-state index >= 15 is 0 Å². The Morgan fingerprint density at radius 1 is 1.44 bits per heavy atom. The molecular formula is C14H17N3O. The van der Waals surface area contributed by atoms with Crippen LogP contribution >= 0.6 is 0 Å². The maximum atomic E-state index is 5.80. The Balaban J connectivity index is 2.35. The van der Waals surface area contributed by atoms with Crippen molar-refractivity contribution in [1.82, 2.24) is 9.78 Å². The van der Waals surface area contributed by atoms with Gasteiger partial charge in [0.2, 0.25) is 0 Å². The third-order valence-electron chi connectivity index (χ3n) is 2.55. The molecule has 0 aliphatic heterocycles. The summed E-state index contributed by atoms with van der Waals surface area (Å²) < 4.78 is 7.36. The zero-order valence-electron chi connectivity index (χ0n) is 10.7. The van der Waals surface area contributed by atoms with Gasteiger partial charge in [-0.25, -0.2) is 0 Å². The highest BCUT2D eigenvalue weighted by Crippen LogP contribution is 2.29. The molecule has 0 bridgehead atoms. The molecule has 0 amide bonds. The van der Waals surface area contributed by atoms with E-state index in [1.807, 2.05) is 44.3 Å². The van der Waals surface area contributed by atoms with Crippen LogP contribution in [0.1, 0.15) is 6.92 Å². The maximum Gasteiger partial charge on any atom is 0.129 e. The molecule has 0 aliphatic rings. The lowest BCUT2D eigenvalue weighted by Crippen LogP contribution is -1.99. The van der Waals surface area contributed by atoms with Gasteiger partial charge < -0.3 is 10.5 Å². The van der Waals surface area contributed by atoms with Crippen LogP contribution in [0.2, 0.25) is 0 Å². The number of hydrogen-bond donors (Lipinski definition) is 1. The molecule has 1 aromatic carbocycles. The molecule has 94 valence electrons. The fourth-order valence-electron chi connectivity index (χ4n) is 1.62. The Bertz CT molecular complexity index is 553. The van der Waals surface area contributed by atoms with Gasteiger partial charge >= 0.3 is 0 Å². The summed E-state index contributed by atoms with van der Waals surface area (Å²) in [4.78, 5) is 0. The largest absolute Gasteiger partial charge is 0.489 e. The summed E-state index contributed by atoms with van der Waals surface area (Å²) in [6, 6.07) is 9.61. The average molecular weight is 243 g/mol. The summed E-state index contributed by atoms with van der Waals surface area (Å²) in [6.07, 6.45) is 0. The van der Waals surface area contributed by atoms with Crippen molar-refractivity contribution in [3.63, 3.8) is 0 Å². The van der Waals surface area contributed by atoms with Crippen LogP contribution in [-0.2, 0) is 7.05 Å². The van der Waals surface area contributed by atoms with E-state index in [9.17, 15) is 0 Å². The Kier molecular flexibility index (Phi) is 3.37. The molecule has 0 unspecified atom stereocenters. The third kappa shape index (κ3) is 2.53. The van der Waals surface area contributed by atoms with E-state index < -0.39 is 0 Å². The van der Waals surface area contributed by atoms with Gasteiger partial charge in [0.25, 0.3) is 0 Å². The topological polar surface area (TPSA) is 53.1 Å². The first kappa shape index (κ1) is 12.2. The number of para-hydroxylation sites is 1. The highest BCUT2D eigenvalue weighted by Gasteiger charge is 2.10. The van der Waals surface area contributed by atoms with Crippen molar-refractivity contribution in [1.29, 1.82) is 0 Å². The number of benzene rings is 1. The van der Waals surface area contributed by atoms with Crippen LogP contribution in [0.5, 0.6) is 5.75 Å². The first-order valence-corrected chi connectivity index (χ1v) is 5.74. The zero-order valence-corrected chi connectivity index (χ0v) is 10.7. The van der Waals surface area contributed by atoms with Crippen LogP contribution < -0.4 is 10.5 Å². The lowest BCUT2D eigenvalue weighted by molar-refractivity contribution is 0.354. The van der Waals surface area contributed by atoms with Crippen LogP contribution in [0.3, 0.4) is 0 Å². The third-order valence-corrected chi connectivity index (χ3v) is 2.55. The summed E-state index contributed by atoms with van der Waals surface area (Å²) in [5.41, 5.74) is 8.52. The highest BCUT2D eigenvalue weighted by atomic mass is 16.5. The second-order valence-corrected chi connectivity index (χ2v) is 4.32. The highest BCUT2D eigenvalue weighted by molar-refractivity contribution is 5.69. The number of aromatic nitrogens is 2. The fraction of sp³-hybridized carbons (Fsp3) is 0.214. The van der Waals surface area contributed by atoms with Crippen molar-refractivity contribution < 1.29 is 4.74 Å². The summed E-state index contributed by atoms with van der Waals surface area (Å²) in [7, 11) is 1.82. The predicted octanol–water partition coefficient (Wildman–Crippen LogP) is 2.62. The summed E-state index contributed by atoms with van der Waals surface area (Å²) in [5.74, 6) is 1.42. The molecule has 0 saturated carbocycles. The Morgan fingerprint density at radius 2 is 2.17 bits per heavy atom. The number of nitrogen functional groups attached to an aromatic ring is 1. The Morgan fingerprint density at radius 3 is 2.78 bits per heavy atom. The second-order valence-electron chi connectivity index (χ2n) is 4.32. The SMILES string of the molecule is C=C(C)COc1ccccc1-c1cc(N)n(C)n1. The van der Waals surface area contributed by atoms with Crippen molar-refractivity contribution in [2.45, 2.75) is 6.92 Å². The quantitative estimate of drug-likeness (QED) is 0.840. The number of nitrogens with two attached hydrogens (primary N) is 1. The smallest absolute Gasteiger partial charge is 0.129 e. The number of nitrogens with zero attached hydrogens (tertiary/aromatic N) is 2. The van der Waals surface area contributed by atoms with E-state index in [-0.39, 0.29) is 0 Å². The minimum Gasteiger partial charge on any atom is -0.489 e. The molecule has 0 spiro atoms. The van der Waals surface area contributed by atoms with Gasteiger partial charge in [0.1, 0.15) is 18.2 Å². The van der Waals surface area contributed by atoms with E-state index in [0.717, 1.165) is 22.6 Å². The van der Waals surface area contributed by atoms with Gasteiger partial charge in [-0.05, 0) is 24.6 Å². The van der Waals surface area contributed by atoms with Crippen molar-refractivity contribution in [2.75, 3.05) is 12.3 Å². The molecule has 0 atom stereocenters. The molecule has 4 nitrogen and oxygen atoms in total. The van der Waals surface area contributed by atoms with Gasteiger partial charge in [0.05, 0.1) is 5.69 Å². The van der Waals surface area contributed by atoms with Crippen LogP contribution in [0.4, 0.5) is 5.82 Å². The van der Waals surface area contributed by atoms with Gasteiger partial charge in [-0.1, -0.05) is 18.7 Å². The number of rotatable bonds is 4. The van der Waals surface area contributed by atoms with Crippen LogP contribution in [-0.4, -0.2) is 16.4 Å². The van der Waals surface area contributed by atoms with Gasteiger partial charge in [-0.15, -0.1) is 0 Å². The van der Waals surface area contributed by atoms with E-state index in [2.05, 4.69) is 11.7 Å². The zero-order chi connectivity index (χ0) is 13.1. The standard InChI is InChI=1S/C14H17N3O/c1-10(2)9-18-13-7-5-4-6-11(13)12-8-14(15)17(3)16-12/h4-8H,1,9,15H2,2-3H3. The van der Waals surface area contributed by atoms with E-state index in [1.54, 1.807) is 4.68 Å². The first-order valence-electron chi connectivity index (χ1n) is 5.74. The number of aryl methyl sites for hydroxylation is 1. The van der Waals surface area contributed by atoms with Gasteiger partial charge in [0, 0.05) is 18.7 Å². The molecule has 1 heterocycles. The van der Waals surface area contributed by atoms with Gasteiger partial charge in [0.15, 0.2) is 0 Å². The van der Waals surface area contributed by atoms with E-state index in [4.69, 9.17) is 10.5 Å². The number of ether oxygens (including phenoxy) is 1. The fourth-order valence-corrected chi connectivity index (χ4v) is 1.62. The molecule has 2 rings (SSSR count). The molecule has 1 aromatic heterocycles. The average Bonchev–Trinajstić information content (AvgIpc) is 2.67. The summed E-state index contributed by atoms with van der Waals surface area (Å²) >= 11 is 0. The molecule has 2 N–H and O–H groups in total. The Hall–Kier alpha value is -2.23. The lowest BCUT2D eigenvalue weighted by Gasteiger charge is -2.09. The van der Waals surface area contributed by atoms with Crippen LogP contribution in [0.15, 0.2) is 42.5 Å². The van der Waals surface area contributed by atoms with Crippen molar-refractivity contribution in [2.24, 2.45) is 7.05 Å². The lowest BCUT2D eigenvalue weighted by atomic mass is 10.1. The van der Waals surface area contributed by atoms with Crippen molar-refractivity contribution in [3.05, 3.63) is 42.5 Å². The normalized spacial score (nSPS) is 10.3. The number of anilines is 1. The van der Waals surface area contributed by atoms with Crippen LogP contribution in [0, 0.1) is 0 Å². The minimum absolute atomic E-state index is 0.499. The molecule has 2 aromatic rings. The molecule has 0 fully saturated rings. The Labute approximate surface area is 107 Å². The first-order chi connectivity index (χ1) is 8.58. The van der Waals surface area contributed by atoms with E-state index in [0.29, 0.717) is 12.4 Å². The number of hydrogen-bond acceptors (Lipinski definition) is 3. The van der Waals surface area contributed by atoms with Gasteiger partial charge in [-0.3, -0.25) is 4.68 Å². The minimum atomic E-state index is 0.499. The molecule has 18 heavy (non-hydrogen) atoms. The molecule has 4 heteroatoms. The van der Waals surface area contributed by atoms with Crippen molar-refractivity contribution >= 4 is 5.82 Å².